The standard InChI is InChI=1S/C15H20N2O3/c1-3-9(2)13(15(19)20)17-14(18)11-5-4-10-6-7-16-12(10)8-11/h4-5,8-9,13,16H,3,6-7H2,1-2H3,(H,17,18)(H,19,20)/t9-,13-/m0/s1. The molecule has 1 aliphatic rings. The lowest BCUT2D eigenvalue weighted by Gasteiger charge is -2.20. The van der Waals surface area contributed by atoms with Gasteiger partial charge in [-0.2, -0.15) is 0 Å². The van der Waals surface area contributed by atoms with E-state index in [2.05, 4.69) is 10.6 Å². The van der Waals surface area contributed by atoms with E-state index in [0.29, 0.717) is 12.0 Å². The summed E-state index contributed by atoms with van der Waals surface area (Å²) in [6.45, 7) is 4.61. The molecule has 1 aliphatic heterocycles. The Kier molecular flexibility index (Phi) is 4.27. The smallest absolute Gasteiger partial charge is 0.326 e. The van der Waals surface area contributed by atoms with Gasteiger partial charge < -0.3 is 15.7 Å². The number of carboxylic acids is 1. The molecule has 0 aromatic heterocycles. The quantitative estimate of drug-likeness (QED) is 0.767. The molecule has 0 radical (unpaired) electrons. The lowest BCUT2D eigenvalue weighted by molar-refractivity contribution is -0.140. The van der Waals surface area contributed by atoms with Gasteiger partial charge in [-0.05, 0) is 30.0 Å². The molecule has 108 valence electrons. The van der Waals surface area contributed by atoms with Crippen LogP contribution < -0.4 is 10.6 Å². The molecule has 3 N–H and O–H groups in total. The van der Waals surface area contributed by atoms with Crippen molar-refractivity contribution in [1.82, 2.24) is 5.32 Å². The molecule has 5 heteroatoms. The summed E-state index contributed by atoms with van der Waals surface area (Å²) in [4.78, 5) is 23.4. The van der Waals surface area contributed by atoms with Gasteiger partial charge >= 0.3 is 5.97 Å². The zero-order valence-electron chi connectivity index (χ0n) is 11.8. The zero-order valence-corrected chi connectivity index (χ0v) is 11.8. The van der Waals surface area contributed by atoms with Crippen molar-refractivity contribution in [2.45, 2.75) is 32.7 Å². The molecule has 1 aromatic rings. The summed E-state index contributed by atoms with van der Waals surface area (Å²) in [6.07, 6.45) is 1.66. The normalized spacial score (nSPS) is 15.9. The Morgan fingerprint density at radius 2 is 2.20 bits per heavy atom. The zero-order chi connectivity index (χ0) is 14.7. The van der Waals surface area contributed by atoms with E-state index in [4.69, 9.17) is 0 Å². The van der Waals surface area contributed by atoms with Crippen LogP contribution in [0.1, 0.15) is 36.2 Å². The van der Waals surface area contributed by atoms with Crippen LogP contribution in [0.5, 0.6) is 0 Å². The monoisotopic (exact) mass is 276 g/mol. The molecule has 1 aromatic carbocycles. The van der Waals surface area contributed by atoms with Gasteiger partial charge in [-0.3, -0.25) is 4.79 Å². The molecule has 0 fully saturated rings. The summed E-state index contributed by atoms with van der Waals surface area (Å²) < 4.78 is 0. The fourth-order valence-electron chi connectivity index (χ4n) is 2.34. The van der Waals surface area contributed by atoms with Crippen LogP contribution in [0.15, 0.2) is 18.2 Å². The number of nitrogens with one attached hydrogen (secondary N) is 2. The molecule has 20 heavy (non-hydrogen) atoms. The fraction of sp³-hybridized carbons (Fsp3) is 0.467. The molecule has 5 nitrogen and oxygen atoms in total. The summed E-state index contributed by atoms with van der Waals surface area (Å²) in [5, 5.41) is 15.0. The van der Waals surface area contributed by atoms with Crippen LogP contribution in [0.4, 0.5) is 5.69 Å². The highest BCUT2D eigenvalue weighted by atomic mass is 16.4. The maximum atomic E-state index is 12.2. The van der Waals surface area contributed by atoms with E-state index >= 15 is 0 Å². The number of anilines is 1. The Morgan fingerprint density at radius 1 is 1.45 bits per heavy atom. The molecule has 2 rings (SSSR count). The first kappa shape index (κ1) is 14.4. The fourth-order valence-corrected chi connectivity index (χ4v) is 2.34. The van der Waals surface area contributed by atoms with Crippen molar-refractivity contribution in [3.8, 4) is 0 Å². The lowest BCUT2D eigenvalue weighted by Crippen LogP contribution is -2.45. The Bertz CT molecular complexity index is 528. The predicted octanol–water partition coefficient (Wildman–Crippen LogP) is 1.88. The third kappa shape index (κ3) is 2.92. The molecular formula is C15H20N2O3. The molecular weight excluding hydrogens is 256 g/mol. The number of fused-ring (bicyclic) bond motifs is 1. The number of rotatable bonds is 5. The van der Waals surface area contributed by atoms with Crippen molar-refractivity contribution in [2.24, 2.45) is 5.92 Å². The second kappa shape index (κ2) is 5.94. The minimum atomic E-state index is -0.994. The highest BCUT2D eigenvalue weighted by Gasteiger charge is 2.26. The number of benzene rings is 1. The maximum Gasteiger partial charge on any atom is 0.326 e. The minimum absolute atomic E-state index is 0.107. The third-order valence-electron chi connectivity index (χ3n) is 3.85. The van der Waals surface area contributed by atoms with E-state index in [9.17, 15) is 14.7 Å². The van der Waals surface area contributed by atoms with Crippen LogP contribution in [0.2, 0.25) is 0 Å². The van der Waals surface area contributed by atoms with Crippen molar-refractivity contribution in [1.29, 1.82) is 0 Å². The number of carbonyl (C=O) groups is 2. The van der Waals surface area contributed by atoms with Gasteiger partial charge in [-0.15, -0.1) is 0 Å². The van der Waals surface area contributed by atoms with E-state index in [1.807, 2.05) is 19.9 Å². The van der Waals surface area contributed by atoms with Gasteiger partial charge in [0.15, 0.2) is 0 Å². The third-order valence-corrected chi connectivity index (χ3v) is 3.85. The molecule has 0 saturated carbocycles. The lowest BCUT2D eigenvalue weighted by atomic mass is 9.98. The first-order valence-corrected chi connectivity index (χ1v) is 6.93. The van der Waals surface area contributed by atoms with Gasteiger partial charge in [0, 0.05) is 17.8 Å². The molecule has 2 atom stereocenters. The maximum absolute atomic E-state index is 12.2. The molecule has 0 spiro atoms. The predicted molar refractivity (Wildman–Crippen MR) is 77.0 cm³/mol. The van der Waals surface area contributed by atoms with E-state index in [1.54, 1.807) is 12.1 Å². The Balaban J connectivity index is 2.12. The Hall–Kier alpha value is -2.04. The van der Waals surface area contributed by atoms with Crippen molar-refractivity contribution < 1.29 is 14.7 Å². The van der Waals surface area contributed by atoms with Crippen molar-refractivity contribution in [3.63, 3.8) is 0 Å². The molecule has 0 aliphatic carbocycles. The van der Waals surface area contributed by atoms with E-state index in [1.165, 1.54) is 5.56 Å². The molecule has 0 bridgehead atoms. The Labute approximate surface area is 118 Å². The largest absolute Gasteiger partial charge is 0.480 e. The second-order valence-electron chi connectivity index (χ2n) is 5.22. The molecule has 1 amide bonds. The van der Waals surface area contributed by atoms with Crippen LogP contribution in [0.3, 0.4) is 0 Å². The van der Waals surface area contributed by atoms with Gasteiger partial charge in [0.2, 0.25) is 0 Å². The molecule has 0 saturated heterocycles. The van der Waals surface area contributed by atoms with Crippen molar-refractivity contribution in [3.05, 3.63) is 29.3 Å². The highest BCUT2D eigenvalue weighted by molar-refractivity contribution is 5.97. The van der Waals surface area contributed by atoms with Crippen LogP contribution in [-0.2, 0) is 11.2 Å². The van der Waals surface area contributed by atoms with Crippen LogP contribution in [0.25, 0.3) is 0 Å². The Morgan fingerprint density at radius 3 is 2.85 bits per heavy atom. The second-order valence-corrected chi connectivity index (χ2v) is 5.22. The van der Waals surface area contributed by atoms with Crippen molar-refractivity contribution in [2.75, 3.05) is 11.9 Å². The SMILES string of the molecule is CC[C@H](C)[C@H](NC(=O)c1ccc2c(c1)NCC2)C(=O)O. The minimum Gasteiger partial charge on any atom is -0.480 e. The van der Waals surface area contributed by atoms with Gasteiger partial charge in [0.25, 0.3) is 5.91 Å². The van der Waals surface area contributed by atoms with Gasteiger partial charge in [-0.25, -0.2) is 4.79 Å². The van der Waals surface area contributed by atoms with Crippen molar-refractivity contribution >= 4 is 17.6 Å². The van der Waals surface area contributed by atoms with Crippen LogP contribution in [0, 0.1) is 5.92 Å². The van der Waals surface area contributed by atoms with Crippen LogP contribution in [-0.4, -0.2) is 29.6 Å². The number of carbonyl (C=O) groups excluding carboxylic acids is 1. The summed E-state index contributed by atoms with van der Waals surface area (Å²) >= 11 is 0. The summed E-state index contributed by atoms with van der Waals surface area (Å²) in [5.41, 5.74) is 2.65. The van der Waals surface area contributed by atoms with Gasteiger partial charge in [-0.1, -0.05) is 26.3 Å². The number of carboxylic acid groups (broad SMARTS) is 1. The number of amides is 1. The average molecular weight is 276 g/mol. The van der Waals surface area contributed by atoms with Crippen LogP contribution >= 0.6 is 0 Å². The van der Waals surface area contributed by atoms with Gasteiger partial charge in [0.05, 0.1) is 0 Å². The topological polar surface area (TPSA) is 78.4 Å². The highest BCUT2D eigenvalue weighted by Crippen LogP contribution is 2.23. The summed E-state index contributed by atoms with van der Waals surface area (Å²) in [7, 11) is 0. The molecule has 0 unspecified atom stereocenters. The van der Waals surface area contributed by atoms with E-state index in [0.717, 1.165) is 18.7 Å². The first-order chi connectivity index (χ1) is 9.52. The summed E-state index contributed by atoms with van der Waals surface area (Å²) in [5.74, 6) is -1.44. The number of hydrogen-bond donors (Lipinski definition) is 3. The average Bonchev–Trinajstić information content (AvgIpc) is 2.90. The first-order valence-electron chi connectivity index (χ1n) is 6.93. The van der Waals surface area contributed by atoms with E-state index < -0.39 is 12.0 Å². The van der Waals surface area contributed by atoms with Gasteiger partial charge in [0.1, 0.15) is 6.04 Å². The molecule has 1 heterocycles. The van der Waals surface area contributed by atoms with E-state index in [-0.39, 0.29) is 11.8 Å². The number of aliphatic carboxylic acids is 1. The number of hydrogen-bond acceptors (Lipinski definition) is 3. The summed E-state index contributed by atoms with van der Waals surface area (Å²) in [6, 6.07) is 4.60.